The molecule has 0 aliphatic heterocycles. The second-order valence-electron chi connectivity index (χ2n) is 2.85. The zero-order chi connectivity index (χ0) is 11.0. The van der Waals surface area contributed by atoms with E-state index in [0.717, 1.165) is 6.07 Å². The first-order valence-corrected chi connectivity index (χ1v) is 3.96. The molecule has 0 amide bonds. The number of nitrogens with one attached hydrogen (secondary N) is 1. The second-order valence-corrected chi connectivity index (χ2v) is 2.85. The van der Waals surface area contributed by atoms with E-state index in [1.54, 1.807) is 0 Å². The van der Waals surface area contributed by atoms with Crippen molar-refractivity contribution in [3.63, 3.8) is 0 Å². The fourth-order valence-electron chi connectivity index (χ4n) is 1.22. The van der Waals surface area contributed by atoms with Gasteiger partial charge in [-0.2, -0.15) is 0 Å². The van der Waals surface area contributed by atoms with Crippen LogP contribution < -0.4 is 16.5 Å². The third-order valence-electron chi connectivity index (χ3n) is 1.90. The van der Waals surface area contributed by atoms with Gasteiger partial charge in [0, 0.05) is 0 Å². The molecule has 76 valence electrons. The van der Waals surface area contributed by atoms with Crippen LogP contribution in [0.3, 0.4) is 0 Å². The molecule has 0 aliphatic carbocycles. The lowest BCUT2D eigenvalue weighted by atomic mass is 10.1. The molecule has 1 aromatic heterocycles. The average Bonchev–Trinajstić information content (AvgIpc) is 2.16. The van der Waals surface area contributed by atoms with Gasteiger partial charge >= 0.3 is 11.4 Å². The average molecular weight is 206 g/mol. The summed E-state index contributed by atoms with van der Waals surface area (Å²) >= 11 is 0. The Kier molecular flexibility index (Phi) is 1.89. The summed E-state index contributed by atoms with van der Waals surface area (Å²) in [7, 11) is 0. The molecule has 1 aromatic carbocycles. The number of carbonyl (C=O) groups is 1. The lowest BCUT2D eigenvalue weighted by Gasteiger charge is -2.02. The van der Waals surface area contributed by atoms with Crippen molar-refractivity contribution in [2.45, 2.75) is 0 Å². The number of benzene rings is 1. The Bertz CT molecular complexity index is 651. The van der Waals surface area contributed by atoms with Crippen LogP contribution in [0.15, 0.2) is 32.2 Å². The third kappa shape index (κ3) is 1.52. The van der Waals surface area contributed by atoms with Crippen LogP contribution in [-0.2, 0) is 0 Å². The summed E-state index contributed by atoms with van der Waals surface area (Å²) in [4.78, 5) is 34.7. The van der Waals surface area contributed by atoms with E-state index in [4.69, 9.17) is 0 Å². The fraction of sp³-hybridized carbons (Fsp3) is 0. The van der Waals surface area contributed by atoms with Gasteiger partial charge in [0.2, 0.25) is 0 Å². The predicted molar refractivity (Wildman–Crippen MR) is 47.4 cm³/mol. The van der Waals surface area contributed by atoms with Crippen LogP contribution in [-0.4, -0.2) is 11.0 Å². The summed E-state index contributed by atoms with van der Waals surface area (Å²) in [5.41, 5.74) is -0.806. The number of aromatic carboxylic acids is 1. The van der Waals surface area contributed by atoms with E-state index < -0.39 is 17.4 Å². The number of hydrogen-bond acceptors (Lipinski definition) is 5. The van der Waals surface area contributed by atoms with Gasteiger partial charge in [-0.05, 0) is 17.7 Å². The van der Waals surface area contributed by atoms with Crippen molar-refractivity contribution in [3.8, 4) is 0 Å². The molecule has 6 heteroatoms. The molecule has 0 radical (unpaired) electrons. The van der Waals surface area contributed by atoms with Gasteiger partial charge in [-0.1, -0.05) is 6.07 Å². The number of rotatable bonds is 1. The van der Waals surface area contributed by atoms with E-state index in [2.05, 4.69) is 9.40 Å². The van der Waals surface area contributed by atoms with Crippen molar-refractivity contribution < 1.29 is 14.3 Å². The summed E-state index contributed by atoms with van der Waals surface area (Å²) in [6.45, 7) is 0. The van der Waals surface area contributed by atoms with Crippen LogP contribution >= 0.6 is 0 Å². The second kappa shape index (κ2) is 3.09. The van der Waals surface area contributed by atoms with Crippen molar-refractivity contribution in [3.05, 3.63) is 44.7 Å². The van der Waals surface area contributed by atoms with Crippen LogP contribution in [0.25, 0.3) is 10.9 Å². The minimum absolute atomic E-state index is 0.00343. The molecule has 2 rings (SSSR count). The maximum Gasteiger partial charge on any atom is 0.419 e. The van der Waals surface area contributed by atoms with Crippen LogP contribution in [0.5, 0.6) is 0 Å². The van der Waals surface area contributed by atoms with Crippen LogP contribution in [0, 0.1) is 0 Å². The number of H-pyrrole nitrogens is 1. The minimum atomic E-state index is -1.40. The van der Waals surface area contributed by atoms with E-state index in [-0.39, 0.29) is 16.5 Å². The van der Waals surface area contributed by atoms with E-state index in [0.29, 0.717) is 0 Å². The Morgan fingerprint density at radius 3 is 2.73 bits per heavy atom. The van der Waals surface area contributed by atoms with Crippen molar-refractivity contribution in [2.24, 2.45) is 0 Å². The monoisotopic (exact) mass is 206 g/mol. The Morgan fingerprint density at radius 2 is 2.07 bits per heavy atom. The number of carboxylic acids is 1. The van der Waals surface area contributed by atoms with Crippen LogP contribution in [0.4, 0.5) is 0 Å². The molecule has 0 saturated carbocycles. The van der Waals surface area contributed by atoms with Crippen LogP contribution in [0.2, 0.25) is 0 Å². The summed E-state index contributed by atoms with van der Waals surface area (Å²) in [5.74, 6) is -2.28. The number of carboxylic acid groups (broad SMARTS) is 1. The van der Waals surface area contributed by atoms with Crippen molar-refractivity contribution >= 4 is 16.9 Å². The largest absolute Gasteiger partial charge is 0.545 e. The van der Waals surface area contributed by atoms with Gasteiger partial charge in [-0.3, -0.25) is 4.98 Å². The first-order valence-electron chi connectivity index (χ1n) is 3.96. The van der Waals surface area contributed by atoms with Gasteiger partial charge in [0.1, 0.15) is 0 Å². The molecule has 0 aliphatic rings. The maximum absolute atomic E-state index is 11.2. The highest BCUT2D eigenvalue weighted by Crippen LogP contribution is 2.07. The number of hydrogen-bond donors (Lipinski definition) is 1. The highest BCUT2D eigenvalue weighted by atomic mass is 16.4. The SMILES string of the molecule is O=C([O-])c1ccc2[nH]c(=O)oc(=O)c2c1. The standard InChI is InChI=1S/C9H5NO5/c11-7(12)4-1-2-6-5(3-4)8(13)15-9(14)10-6/h1-3H,(H,10,14)(H,11,12)/p-1. The number of carbonyl (C=O) groups excluding carboxylic acids is 1. The predicted octanol–water partition coefficient (Wildman–Crippen LogP) is -1.16. The van der Waals surface area contributed by atoms with Crippen LogP contribution in [0.1, 0.15) is 10.4 Å². The first kappa shape index (κ1) is 9.20. The molecular weight excluding hydrogens is 202 g/mol. The molecule has 0 unspecified atom stereocenters. The quantitative estimate of drug-likeness (QED) is 0.634. The fourth-order valence-corrected chi connectivity index (χ4v) is 1.22. The van der Waals surface area contributed by atoms with E-state index in [1.165, 1.54) is 12.1 Å². The Morgan fingerprint density at radius 1 is 1.33 bits per heavy atom. The molecular formula is C9H4NO5-. The lowest BCUT2D eigenvalue weighted by Crippen LogP contribution is -2.23. The van der Waals surface area contributed by atoms with Gasteiger partial charge in [-0.15, -0.1) is 0 Å². The van der Waals surface area contributed by atoms with E-state index in [1.807, 2.05) is 0 Å². The highest BCUT2D eigenvalue weighted by molar-refractivity contribution is 5.91. The van der Waals surface area contributed by atoms with E-state index >= 15 is 0 Å². The third-order valence-corrected chi connectivity index (χ3v) is 1.90. The number of aromatic nitrogens is 1. The van der Waals surface area contributed by atoms with Crippen molar-refractivity contribution in [2.75, 3.05) is 0 Å². The summed E-state index contributed by atoms with van der Waals surface area (Å²) in [6.07, 6.45) is 0. The van der Waals surface area contributed by atoms with Gasteiger partial charge in [0.25, 0.3) is 0 Å². The maximum atomic E-state index is 11.2. The van der Waals surface area contributed by atoms with Gasteiger partial charge in [0.15, 0.2) is 0 Å². The molecule has 1 heterocycles. The van der Waals surface area contributed by atoms with Gasteiger partial charge < -0.3 is 14.3 Å². The molecule has 0 atom stereocenters. The smallest absolute Gasteiger partial charge is 0.419 e. The summed E-state index contributed by atoms with van der Waals surface area (Å²) < 4.78 is 4.25. The topological polar surface area (TPSA) is 103 Å². The van der Waals surface area contributed by atoms with Crippen molar-refractivity contribution in [1.82, 2.24) is 4.98 Å². The summed E-state index contributed by atoms with van der Waals surface area (Å²) in [5, 5.41) is 10.5. The Balaban J connectivity index is 2.89. The number of aromatic amines is 1. The lowest BCUT2D eigenvalue weighted by molar-refractivity contribution is -0.255. The van der Waals surface area contributed by atoms with Gasteiger partial charge in [0.05, 0.1) is 16.9 Å². The molecule has 0 bridgehead atoms. The Hall–Kier alpha value is -2.37. The molecule has 0 fully saturated rings. The summed E-state index contributed by atoms with van der Waals surface area (Å²) in [6, 6.07) is 3.62. The van der Waals surface area contributed by atoms with Crippen molar-refractivity contribution in [1.29, 1.82) is 0 Å². The number of fused-ring (bicyclic) bond motifs is 1. The zero-order valence-corrected chi connectivity index (χ0v) is 7.27. The zero-order valence-electron chi connectivity index (χ0n) is 7.27. The normalized spacial score (nSPS) is 10.4. The molecule has 2 aromatic rings. The molecule has 1 N–H and O–H groups in total. The minimum Gasteiger partial charge on any atom is -0.545 e. The highest BCUT2D eigenvalue weighted by Gasteiger charge is 2.03. The first-order chi connectivity index (χ1) is 7.08. The molecule has 0 spiro atoms. The van der Waals surface area contributed by atoms with Gasteiger partial charge in [-0.25, -0.2) is 9.59 Å². The molecule has 6 nitrogen and oxygen atoms in total. The van der Waals surface area contributed by atoms with E-state index in [9.17, 15) is 19.5 Å². The molecule has 0 saturated heterocycles. The Labute approximate surface area is 81.8 Å². The molecule has 15 heavy (non-hydrogen) atoms.